The van der Waals surface area contributed by atoms with Gasteiger partial charge in [0.15, 0.2) is 10.8 Å². The second-order valence-electron chi connectivity index (χ2n) is 6.87. The standard InChI is InChI=1S/C20H25ClN6OS/c1-4-11-29-20-25-17(24-13(2)3)16-12-23-27(18(16)26-20)10-9-22-19(28)14-5-7-15(21)8-6-14/h5-8,12-13H,4,9-11H2,1-3H3,(H,22,28)(H,24,25,26). The summed E-state index contributed by atoms with van der Waals surface area (Å²) in [6.07, 6.45) is 2.82. The van der Waals surface area contributed by atoms with Crippen LogP contribution in [-0.2, 0) is 6.54 Å². The lowest BCUT2D eigenvalue weighted by Gasteiger charge is -2.12. The molecule has 3 aromatic rings. The number of benzene rings is 1. The molecule has 0 fully saturated rings. The van der Waals surface area contributed by atoms with Crippen LogP contribution < -0.4 is 10.6 Å². The number of rotatable bonds is 9. The molecule has 0 aliphatic rings. The summed E-state index contributed by atoms with van der Waals surface area (Å²) in [4.78, 5) is 21.6. The SMILES string of the molecule is CCCSc1nc(NC(C)C)c2cnn(CCNC(=O)c3ccc(Cl)cc3)c2n1. The van der Waals surface area contributed by atoms with E-state index in [4.69, 9.17) is 16.6 Å². The minimum Gasteiger partial charge on any atom is -0.367 e. The van der Waals surface area contributed by atoms with Crippen molar-refractivity contribution in [1.29, 1.82) is 0 Å². The van der Waals surface area contributed by atoms with Gasteiger partial charge >= 0.3 is 0 Å². The number of amides is 1. The normalized spacial score (nSPS) is 11.2. The van der Waals surface area contributed by atoms with Crippen LogP contribution in [0.3, 0.4) is 0 Å². The number of aromatic nitrogens is 4. The average molecular weight is 433 g/mol. The zero-order valence-electron chi connectivity index (χ0n) is 16.8. The number of halogens is 1. The maximum atomic E-state index is 12.3. The van der Waals surface area contributed by atoms with Gasteiger partial charge in [0.2, 0.25) is 0 Å². The number of anilines is 1. The highest BCUT2D eigenvalue weighted by Gasteiger charge is 2.14. The van der Waals surface area contributed by atoms with E-state index < -0.39 is 0 Å². The highest BCUT2D eigenvalue weighted by Crippen LogP contribution is 2.25. The van der Waals surface area contributed by atoms with Gasteiger partial charge in [-0.2, -0.15) is 5.10 Å². The first-order valence-electron chi connectivity index (χ1n) is 9.64. The van der Waals surface area contributed by atoms with Gasteiger partial charge in [-0.3, -0.25) is 4.79 Å². The molecule has 0 atom stereocenters. The van der Waals surface area contributed by atoms with Crippen molar-refractivity contribution in [2.24, 2.45) is 0 Å². The Morgan fingerprint density at radius 3 is 2.69 bits per heavy atom. The predicted octanol–water partition coefficient (Wildman–Crippen LogP) is 4.23. The second kappa shape index (κ2) is 9.93. The molecule has 29 heavy (non-hydrogen) atoms. The highest BCUT2D eigenvalue weighted by molar-refractivity contribution is 7.99. The van der Waals surface area contributed by atoms with Crippen LogP contribution in [0.2, 0.25) is 5.02 Å². The van der Waals surface area contributed by atoms with E-state index in [0.717, 1.165) is 34.2 Å². The van der Waals surface area contributed by atoms with E-state index in [1.165, 1.54) is 0 Å². The number of fused-ring (bicyclic) bond motifs is 1. The number of nitrogens with zero attached hydrogens (tertiary/aromatic N) is 4. The van der Waals surface area contributed by atoms with Crippen LogP contribution in [0.1, 0.15) is 37.6 Å². The number of nitrogens with one attached hydrogen (secondary N) is 2. The van der Waals surface area contributed by atoms with Gasteiger partial charge in [0.25, 0.3) is 5.91 Å². The Hall–Kier alpha value is -2.32. The van der Waals surface area contributed by atoms with E-state index in [-0.39, 0.29) is 11.9 Å². The fourth-order valence-electron chi connectivity index (χ4n) is 2.72. The third-order valence-corrected chi connectivity index (χ3v) is 5.36. The number of hydrogen-bond donors (Lipinski definition) is 2. The summed E-state index contributed by atoms with van der Waals surface area (Å²) in [5.41, 5.74) is 1.34. The molecule has 2 heterocycles. The van der Waals surface area contributed by atoms with Gasteiger partial charge in [0.05, 0.1) is 18.1 Å². The van der Waals surface area contributed by atoms with Crippen molar-refractivity contribution >= 4 is 46.1 Å². The van der Waals surface area contributed by atoms with E-state index in [1.54, 1.807) is 46.9 Å². The fraction of sp³-hybridized carbons (Fsp3) is 0.400. The molecule has 154 valence electrons. The number of carbonyl (C=O) groups is 1. The molecule has 0 saturated carbocycles. The molecule has 9 heteroatoms. The summed E-state index contributed by atoms with van der Waals surface area (Å²) < 4.78 is 1.81. The van der Waals surface area contributed by atoms with Gasteiger partial charge in [-0.25, -0.2) is 14.6 Å². The van der Waals surface area contributed by atoms with Crippen molar-refractivity contribution in [1.82, 2.24) is 25.1 Å². The fourth-order valence-corrected chi connectivity index (χ4v) is 3.54. The maximum absolute atomic E-state index is 12.3. The molecule has 2 aromatic heterocycles. The third-order valence-electron chi connectivity index (χ3n) is 4.05. The van der Waals surface area contributed by atoms with Crippen molar-refractivity contribution in [3.8, 4) is 0 Å². The topological polar surface area (TPSA) is 84.7 Å². The Bertz CT molecular complexity index is 973. The summed E-state index contributed by atoms with van der Waals surface area (Å²) >= 11 is 7.50. The summed E-state index contributed by atoms with van der Waals surface area (Å²) in [5.74, 6) is 1.60. The molecule has 0 aliphatic carbocycles. The highest BCUT2D eigenvalue weighted by atomic mass is 35.5. The molecule has 0 radical (unpaired) electrons. The van der Waals surface area contributed by atoms with E-state index >= 15 is 0 Å². The third kappa shape index (κ3) is 5.61. The molecule has 1 amide bonds. The molecule has 7 nitrogen and oxygen atoms in total. The van der Waals surface area contributed by atoms with Gasteiger partial charge in [0.1, 0.15) is 5.82 Å². The van der Waals surface area contributed by atoms with Crippen LogP contribution >= 0.6 is 23.4 Å². The minimum absolute atomic E-state index is 0.144. The van der Waals surface area contributed by atoms with Crippen LogP contribution in [0.4, 0.5) is 5.82 Å². The molecular formula is C20H25ClN6OS. The number of carbonyl (C=O) groups excluding carboxylic acids is 1. The quantitative estimate of drug-likeness (QED) is 0.388. The maximum Gasteiger partial charge on any atom is 0.251 e. The molecular weight excluding hydrogens is 408 g/mol. The molecule has 0 aliphatic heterocycles. The summed E-state index contributed by atoms with van der Waals surface area (Å²) in [7, 11) is 0. The van der Waals surface area contributed by atoms with Crippen LogP contribution in [-0.4, -0.2) is 44.0 Å². The van der Waals surface area contributed by atoms with Crippen molar-refractivity contribution in [3.05, 3.63) is 41.0 Å². The molecule has 0 saturated heterocycles. The monoisotopic (exact) mass is 432 g/mol. The smallest absolute Gasteiger partial charge is 0.251 e. The zero-order chi connectivity index (χ0) is 20.8. The summed E-state index contributed by atoms with van der Waals surface area (Å²) in [6.45, 7) is 7.23. The van der Waals surface area contributed by atoms with Gasteiger partial charge < -0.3 is 10.6 Å². The van der Waals surface area contributed by atoms with Gasteiger partial charge in [-0.05, 0) is 44.5 Å². The Morgan fingerprint density at radius 2 is 2.00 bits per heavy atom. The van der Waals surface area contributed by atoms with Crippen LogP contribution in [0.5, 0.6) is 0 Å². The predicted molar refractivity (Wildman–Crippen MR) is 119 cm³/mol. The van der Waals surface area contributed by atoms with E-state index in [0.29, 0.717) is 23.7 Å². The number of hydrogen-bond acceptors (Lipinski definition) is 6. The van der Waals surface area contributed by atoms with Crippen molar-refractivity contribution in [2.75, 3.05) is 17.6 Å². The lowest BCUT2D eigenvalue weighted by atomic mass is 10.2. The Balaban J connectivity index is 1.74. The molecule has 2 N–H and O–H groups in total. The minimum atomic E-state index is -0.144. The lowest BCUT2D eigenvalue weighted by Crippen LogP contribution is -2.27. The van der Waals surface area contributed by atoms with Gasteiger partial charge in [0, 0.05) is 28.9 Å². The Labute approximate surface area is 179 Å². The summed E-state index contributed by atoms with van der Waals surface area (Å²) in [5, 5.41) is 13.0. The van der Waals surface area contributed by atoms with E-state index in [9.17, 15) is 4.79 Å². The molecule has 0 spiro atoms. The average Bonchev–Trinajstić information content (AvgIpc) is 3.09. The molecule has 0 unspecified atom stereocenters. The Kier molecular flexibility index (Phi) is 7.33. The van der Waals surface area contributed by atoms with E-state index in [1.807, 2.05) is 0 Å². The van der Waals surface area contributed by atoms with Crippen molar-refractivity contribution in [3.63, 3.8) is 0 Å². The molecule has 1 aromatic carbocycles. The van der Waals surface area contributed by atoms with Crippen molar-refractivity contribution in [2.45, 2.75) is 44.9 Å². The van der Waals surface area contributed by atoms with Crippen LogP contribution in [0, 0.1) is 0 Å². The van der Waals surface area contributed by atoms with Crippen LogP contribution in [0.15, 0.2) is 35.6 Å². The van der Waals surface area contributed by atoms with Crippen molar-refractivity contribution < 1.29 is 4.79 Å². The molecule has 0 bridgehead atoms. The van der Waals surface area contributed by atoms with Gasteiger partial charge in [-0.15, -0.1) is 0 Å². The zero-order valence-corrected chi connectivity index (χ0v) is 18.3. The largest absolute Gasteiger partial charge is 0.367 e. The number of thioether (sulfide) groups is 1. The lowest BCUT2D eigenvalue weighted by molar-refractivity contribution is 0.0952. The first-order chi connectivity index (χ1) is 14.0. The first kappa shape index (κ1) is 21.4. The van der Waals surface area contributed by atoms with Crippen LogP contribution in [0.25, 0.3) is 11.0 Å². The Morgan fingerprint density at radius 1 is 1.24 bits per heavy atom. The van der Waals surface area contributed by atoms with E-state index in [2.05, 4.69) is 41.5 Å². The second-order valence-corrected chi connectivity index (χ2v) is 8.37. The molecule has 3 rings (SSSR count). The first-order valence-corrected chi connectivity index (χ1v) is 11.0. The summed E-state index contributed by atoms with van der Waals surface area (Å²) in [6, 6.07) is 7.06. The van der Waals surface area contributed by atoms with Gasteiger partial charge in [-0.1, -0.05) is 30.3 Å².